The number of hydrogen-bond acceptors (Lipinski definition) is 0. The predicted molar refractivity (Wildman–Crippen MR) is 106 cm³/mol. The number of halogens is 2. The van der Waals surface area contributed by atoms with Gasteiger partial charge in [-0.3, -0.25) is 0 Å². The van der Waals surface area contributed by atoms with E-state index in [4.69, 9.17) is 0 Å². The zero-order valence-corrected chi connectivity index (χ0v) is 20.2. The molecule has 3 heteroatoms. The molecule has 3 atom stereocenters. The van der Waals surface area contributed by atoms with Crippen LogP contribution in [-0.4, -0.2) is 0 Å². The van der Waals surface area contributed by atoms with Gasteiger partial charge >= 0.3 is 173 Å². The van der Waals surface area contributed by atoms with Crippen LogP contribution in [0.1, 0.15) is 73.1 Å². The molecular formula is C25H25Cl2Zr. The van der Waals surface area contributed by atoms with E-state index in [9.17, 15) is 0 Å². The monoisotopic (exact) mass is 485 g/mol. The fraction of sp³-hybridized carbons (Fsp3) is 0.360. The molecule has 0 N–H and O–H groups in total. The second-order valence-corrected chi connectivity index (χ2v) is 10.6. The fourth-order valence-corrected chi connectivity index (χ4v) is 6.34. The summed E-state index contributed by atoms with van der Waals surface area (Å²) >= 11 is 1.70. The molecule has 3 aliphatic rings. The Balaban J connectivity index is 0.00000112. The Morgan fingerprint density at radius 2 is 1.68 bits per heavy atom. The molecule has 0 heterocycles. The third-order valence-corrected chi connectivity index (χ3v) is 9.27. The molecule has 0 nitrogen and oxygen atoms in total. The summed E-state index contributed by atoms with van der Waals surface area (Å²) in [5.74, 6) is 1.30. The van der Waals surface area contributed by atoms with Gasteiger partial charge in [0.1, 0.15) is 0 Å². The van der Waals surface area contributed by atoms with Gasteiger partial charge in [-0.2, -0.15) is 0 Å². The minimum Gasteiger partial charge on any atom is -1.00 e. The predicted octanol–water partition coefficient (Wildman–Crippen LogP) is 1.05. The number of benzene rings is 2. The molecule has 0 aliphatic heterocycles. The molecule has 0 amide bonds. The van der Waals surface area contributed by atoms with Crippen molar-refractivity contribution in [1.29, 1.82) is 0 Å². The third kappa shape index (κ3) is 3.42. The van der Waals surface area contributed by atoms with Crippen molar-refractivity contribution in [3.63, 3.8) is 0 Å². The van der Waals surface area contributed by atoms with E-state index >= 15 is 0 Å². The minimum absolute atomic E-state index is 0. The van der Waals surface area contributed by atoms with E-state index < -0.39 is 0 Å². The number of fused-ring (bicyclic) bond motifs is 3. The molecule has 5 rings (SSSR count). The largest absolute Gasteiger partial charge is 1.00 e. The van der Waals surface area contributed by atoms with Crippen LogP contribution in [-0.2, 0) is 24.7 Å². The van der Waals surface area contributed by atoms with E-state index in [1.807, 2.05) is 0 Å². The van der Waals surface area contributed by atoms with E-state index in [0.717, 1.165) is 0 Å². The van der Waals surface area contributed by atoms with Crippen molar-refractivity contribution in [2.24, 2.45) is 0 Å². The molecule has 2 aromatic rings. The summed E-state index contributed by atoms with van der Waals surface area (Å²) in [6.07, 6.45) is 11.4. The van der Waals surface area contributed by atoms with Gasteiger partial charge in [0.25, 0.3) is 0 Å². The molecule has 0 saturated heterocycles. The first-order valence-corrected chi connectivity index (χ1v) is 11.3. The van der Waals surface area contributed by atoms with Crippen LogP contribution in [0, 0.1) is 0 Å². The Labute approximate surface area is 196 Å². The maximum absolute atomic E-state index is 2.49. The summed E-state index contributed by atoms with van der Waals surface area (Å²) in [4.78, 5) is 0. The minimum atomic E-state index is 0. The molecule has 3 unspecified atom stereocenters. The molecule has 0 spiro atoms. The van der Waals surface area contributed by atoms with Crippen molar-refractivity contribution in [1.82, 2.24) is 0 Å². The van der Waals surface area contributed by atoms with Gasteiger partial charge in [0.2, 0.25) is 0 Å². The van der Waals surface area contributed by atoms with Gasteiger partial charge in [0.05, 0.1) is 0 Å². The first-order chi connectivity index (χ1) is 12.7. The average molecular weight is 488 g/mol. The van der Waals surface area contributed by atoms with Gasteiger partial charge in [0, 0.05) is 0 Å². The molecular weight excluding hydrogens is 462 g/mol. The van der Waals surface area contributed by atoms with Gasteiger partial charge in [-0.15, -0.1) is 0 Å². The smallest absolute Gasteiger partial charge is 1.00 e. The van der Waals surface area contributed by atoms with Crippen LogP contribution in [0.3, 0.4) is 0 Å². The molecule has 0 aromatic heterocycles. The van der Waals surface area contributed by atoms with Crippen molar-refractivity contribution in [3.05, 3.63) is 82.4 Å². The maximum Gasteiger partial charge on any atom is -1.00 e. The molecule has 28 heavy (non-hydrogen) atoms. The Morgan fingerprint density at radius 1 is 0.964 bits per heavy atom. The van der Waals surface area contributed by atoms with Gasteiger partial charge < -0.3 is 24.8 Å². The molecule has 0 bridgehead atoms. The summed E-state index contributed by atoms with van der Waals surface area (Å²) in [5, 5.41) is 0. The van der Waals surface area contributed by atoms with Crippen LogP contribution in [0.5, 0.6) is 0 Å². The van der Waals surface area contributed by atoms with E-state index in [1.165, 1.54) is 37.7 Å². The quantitative estimate of drug-likeness (QED) is 0.592. The topological polar surface area (TPSA) is 0 Å². The van der Waals surface area contributed by atoms with E-state index in [-0.39, 0.29) is 24.8 Å². The number of hydrogen-bond donors (Lipinski definition) is 0. The van der Waals surface area contributed by atoms with Crippen LogP contribution >= 0.6 is 0 Å². The maximum atomic E-state index is 2.49. The summed E-state index contributed by atoms with van der Waals surface area (Å²) in [6, 6.07) is 18.2. The van der Waals surface area contributed by atoms with Crippen LogP contribution in [0.15, 0.2) is 60.2 Å². The van der Waals surface area contributed by atoms with Gasteiger partial charge in [-0.05, 0) is 0 Å². The number of rotatable bonds is 5. The molecule has 0 saturated carbocycles. The second kappa shape index (κ2) is 8.63. The number of allylic oxidation sites excluding steroid dienone is 3. The van der Waals surface area contributed by atoms with Crippen molar-refractivity contribution < 1.29 is 49.5 Å². The van der Waals surface area contributed by atoms with Crippen LogP contribution in [0.4, 0.5) is 0 Å². The van der Waals surface area contributed by atoms with Crippen LogP contribution in [0.25, 0.3) is 11.6 Å². The van der Waals surface area contributed by atoms with Crippen molar-refractivity contribution in [2.45, 2.75) is 54.0 Å². The second-order valence-electron chi connectivity index (χ2n) is 8.16. The Kier molecular flexibility index (Phi) is 6.80. The first-order valence-electron chi connectivity index (χ1n) is 10.0. The van der Waals surface area contributed by atoms with Gasteiger partial charge in [0.15, 0.2) is 0 Å². The van der Waals surface area contributed by atoms with E-state index in [2.05, 4.69) is 67.6 Å². The SMILES string of the molecule is CC[C]([Zr+2])(CCC1C2=C(CC2)c2ccccc21)C1C=Cc2ccccc21.[Cl-].[Cl-]. The summed E-state index contributed by atoms with van der Waals surface area (Å²) in [7, 11) is 0. The zero-order valence-electron chi connectivity index (χ0n) is 16.2. The summed E-state index contributed by atoms with van der Waals surface area (Å²) in [5.41, 5.74) is 9.63. The van der Waals surface area contributed by atoms with E-state index in [0.29, 0.717) is 15.0 Å². The third-order valence-electron chi connectivity index (χ3n) is 7.02. The Hall–Kier alpha value is -0.617. The van der Waals surface area contributed by atoms with Crippen molar-refractivity contribution >= 4 is 11.6 Å². The zero-order chi connectivity index (χ0) is 17.7. The molecule has 143 valence electrons. The standard InChI is InChI=1S/C25H25.2ClH.Zr/c1-2-17(20-13-12-18-7-3-4-8-19(18)20)11-14-23-21-9-5-6-10-22(21)24-15-16-25(23)24;;;/h3-10,12-13,20,23H,2,11,14-16H2,1H3;2*1H;/q;;;+2/p-2. The molecule has 2 aromatic carbocycles. The van der Waals surface area contributed by atoms with Gasteiger partial charge in [-0.25, -0.2) is 0 Å². The first kappa shape index (κ1) is 22.1. The Morgan fingerprint density at radius 3 is 2.39 bits per heavy atom. The van der Waals surface area contributed by atoms with Crippen molar-refractivity contribution in [3.8, 4) is 0 Å². The van der Waals surface area contributed by atoms with Crippen LogP contribution < -0.4 is 24.8 Å². The summed E-state index contributed by atoms with van der Waals surface area (Å²) < 4.78 is 0.428. The molecule has 3 aliphatic carbocycles. The van der Waals surface area contributed by atoms with E-state index in [1.54, 1.807) is 52.6 Å². The normalized spacial score (nSPS) is 23.0. The fourth-order valence-electron chi connectivity index (χ4n) is 5.37. The molecule has 0 radical (unpaired) electrons. The van der Waals surface area contributed by atoms with Crippen LogP contribution in [0.2, 0.25) is 3.12 Å². The summed E-state index contributed by atoms with van der Waals surface area (Å²) in [6.45, 7) is 2.40. The Bertz CT molecular complexity index is 930. The van der Waals surface area contributed by atoms with Crippen molar-refractivity contribution in [2.75, 3.05) is 0 Å². The molecule has 0 fully saturated rings. The average Bonchev–Trinajstić information content (AvgIpc) is 3.17. The van der Waals surface area contributed by atoms with Gasteiger partial charge in [-0.1, -0.05) is 0 Å².